The largest absolute Gasteiger partial charge is 0.494 e. The van der Waals surface area contributed by atoms with Crippen molar-refractivity contribution in [2.24, 2.45) is 13.0 Å². The summed E-state index contributed by atoms with van der Waals surface area (Å²) in [6.45, 7) is 0.152. The third-order valence-electron chi connectivity index (χ3n) is 4.21. The van der Waals surface area contributed by atoms with Gasteiger partial charge in [-0.1, -0.05) is 15.9 Å². The number of rotatable bonds is 7. The van der Waals surface area contributed by atoms with E-state index in [0.717, 1.165) is 6.42 Å². The van der Waals surface area contributed by atoms with Crippen LogP contribution in [0.5, 0.6) is 5.75 Å². The lowest BCUT2D eigenvalue weighted by molar-refractivity contribution is 0.277. The van der Waals surface area contributed by atoms with Crippen LogP contribution in [0.1, 0.15) is 6.42 Å². The Hall–Kier alpha value is -1.71. The van der Waals surface area contributed by atoms with E-state index in [0.29, 0.717) is 27.0 Å². The average Bonchev–Trinajstić information content (AvgIpc) is 3.38. The summed E-state index contributed by atoms with van der Waals surface area (Å²) in [4.78, 5) is 12.2. The topological polar surface area (TPSA) is 75.5 Å². The van der Waals surface area contributed by atoms with Gasteiger partial charge in [0.25, 0.3) is 5.56 Å². The minimum atomic E-state index is -0.448. The van der Waals surface area contributed by atoms with Gasteiger partial charge in [-0.3, -0.25) is 9.36 Å². The fourth-order valence-corrected chi connectivity index (χ4v) is 3.91. The maximum absolute atomic E-state index is 14.2. The molecule has 1 aromatic carbocycles. The van der Waals surface area contributed by atoms with E-state index < -0.39 is 5.82 Å². The second-order valence-corrected chi connectivity index (χ2v) is 7.98. The highest BCUT2D eigenvalue weighted by Crippen LogP contribution is 2.44. The molecule has 1 heterocycles. The molecule has 0 aliphatic heterocycles. The van der Waals surface area contributed by atoms with E-state index in [4.69, 9.17) is 4.74 Å². The van der Waals surface area contributed by atoms with Gasteiger partial charge in [-0.05, 0) is 42.5 Å². The molecule has 1 fully saturated rings. The lowest BCUT2D eigenvalue weighted by Crippen LogP contribution is -2.20. The van der Waals surface area contributed by atoms with E-state index in [1.807, 2.05) is 0 Å². The SMILES string of the molecule is COc1cc(=O)n(C)c(Nc2ccc(Br)cc2F)c1NSC1CC1CO. The first-order valence-corrected chi connectivity index (χ1v) is 9.64. The predicted octanol–water partition coefficient (Wildman–Crippen LogP) is 3.48. The van der Waals surface area contributed by atoms with E-state index in [9.17, 15) is 14.3 Å². The van der Waals surface area contributed by atoms with Gasteiger partial charge in [-0.25, -0.2) is 4.39 Å². The highest BCUT2D eigenvalue weighted by atomic mass is 79.9. The zero-order chi connectivity index (χ0) is 18.8. The molecule has 1 aromatic heterocycles. The highest BCUT2D eigenvalue weighted by molar-refractivity contribution is 9.10. The summed E-state index contributed by atoms with van der Waals surface area (Å²) in [6.07, 6.45) is 0.923. The number of aliphatic hydroxyl groups is 1. The van der Waals surface area contributed by atoms with Crippen LogP contribution in [-0.4, -0.2) is 28.6 Å². The first-order chi connectivity index (χ1) is 12.4. The van der Waals surface area contributed by atoms with Gasteiger partial charge in [-0.2, -0.15) is 0 Å². The van der Waals surface area contributed by atoms with E-state index in [-0.39, 0.29) is 23.8 Å². The molecule has 2 aromatic rings. The molecule has 2 unspecified atom stereocenters. The van der Waals surface area contributed by atoms with Crippen LogP contribution >= 0.6 is 27.9 Å². The molecule has 1 aliphatic carbocycles. The molecular weight excluding hydrogens is 425 g/mol. The third-order valence-corrected chi connectivity index (χ3v) is 5.91. The first-order valence-electron chi connectivity index (χ1n) is 7.97. The normalized spacial score (nSPS) is 18.5. The monoisotopic (exact) mass is 443 g/mol. The average molecular weight is 444 g/mol. The van der Waals surface area contributed by atoms with Crippen molar-refractivity contribution in [1.29, 1.82) is 0 Å². The highest BCUT2D eigenvalue weighted by Gasteiger charge is 2.37. The van der Waals surface area contributed by atoms with Gasteiger partial charge in [0, 0.05) is 29.4 Å². The summed E-state index contributed by atoms with van der Waals surface area (Å²) in [7, 11) is 3.08. The van der Waals surface area contributed by atoms with Gasteiger partial charge in [0.05, 0.1) is 12.8 Å². The van der Waals surface area contributed by atoms with Crippen LogP contribution in [0.15, 0.2) is 33.5 Å². The van der Waals surface area contributed by atoms with Crippen LogP contribution in [0.3, 0.4) is 0 Å². The second-order valence-electron chi connectivity index (χ2n) is 6.02. The Morgan fingerprint density at radius 3 is 2.85 bits per heavy atom. The number of pyridine rings is 1. The summed E-state index contributed by atoms with van der Waals surface area (Å²) in [5.74, 6) is 0.577. The number of ether oxygens (including phenoxy) is 1. The molecule has 0 spiro atoms. The Kier molecular flexibility index (Phi) is 5.79. The molecule has 1 aliphatic rings. The fourth-order valence-electron chi connectivity index (χ4n) is 2.49. The molecule has 6 nitrogen and oxygen atoms in total. The number of methoxy groups -OCH3 is 1. The van der Waals surface area contributed by atoms with Crippen molar-refractivity contribution in [2.75, 3.05) is 23.8 Å². The minimum absolute atomic E-state index is 0.152. The van der Waals surface area contributed by atoms with Gasteiger partial charge in [0.15, 0.2) is 5.75 Å². The quantitative estimate of drug-likeness (QED) is 0.568. The van der Waals surface area contributed by atoms with E-state index in [1.54, 1.807) is 19.2 Å². The van der Waals surface area contributed by atoms with Gasteiger partial charge >= 0.3 is 0 Å². The maximum Gasteiger partial charge on any atom is 0.255 e. The van der Waals surface area contributed by atoms with Crippen LogP contribution < -0.4 is 20.3 Å². The van der Waals surface area contributed by atoms with Gasteiger partial charge in [-0.15, -0.1) is 0 Å². The Bertz CT molecular complexity index is 877. The molecular formula is C17H19BrFN3O3S. The van der Waals surface area contributed by atoms with Crippen molar-refractivity contribution in [2.45, 2.75) is 11.7 Å². The fraction of sp³-hybridized carbons (Fsp3) is 0.353. The number of anilines is 3. The number of halogens is 2. The van der Waals surface area contributed by atoms with Crippen molar-refractivity contribution in [3.05, 3.63) is 44.9 Å². The van der Waals surface area contributed by atoms with E-state index in [1.165, 1.54) is 35.8 Å². The van der Waals surface area contributed by atoms with Gasteiger partial charge < -0.3 is 19.9 Å². The van der Waals surface area contributed by atoms with Crippen molar-refractivity contribution >= 4 is 45.1 Å². The maximum atomic E-state index is 14.2. The molecule has 0 bridgehead atoms. The summed E-state index contributed by atoms with van der Waals surface area (Å²) >= 11 is 4.68. The lowest BCUT2D eigenvalue weighted by atomic mass is 10.3. The van der Waals surface area contributed by atoms with Crippen molar-refractivity contribution < 1.29 is 14.2 Å². The zero-order valence-corrected chi connectivity index (χ0v) is 16.7. The number of benzene rings is 1. The smallest absolute Gasteiger partial charge is 0.255 e. The lowest BCUT2D eigenvalue weighted by Gasteiger charge is -2.19. The summed E-state index contributed by atoms with van der Waals surface area (Å²) in [5, 5.41) is 12.5. The molecule has 3 N–H and O–H groups in total. The Labute approximate surface area is 163 Å². The molecule has 0 radical (unpaired) electrons. The van der Waals surface area contributed by atoms with Crippen LogP contribution in [-0.2, 0) is 7.05 Å². The number of nitrogens with zero attached hydrogens (tertiary/aromatic N) is 1. The second kappa shape index (κ2) is 7.89. The van der Waals surface area contributed by atoms with Crippen LogP contribution in [0, 0.1) is 11.7 Å². The molecule has 26 heavy (non-hydrogen) atoms. The molecule has 1 saturated carbocycles. The van der Waals surface area contributed by atoms with Crippen LogP contribution in [0.25, 0.3) is 0 Å². The minimum Gasteiger partial charge on any atom is -0.494 e. The first kappa shape index (κ1) is 19.1. The standard InChI is InChI=1S/C17H19BrFN3O3S/c1-22-15(24)7-13(25-2)16(21-26-14-5-9(14)8-23)17(22)20-12-4-3-10(18)6-11(12)19/h3-4,6-7,9,14,20-21,23H,5,8H2,1-2H3. The summed E-state index contributed by atoms with van der Waals surface area (Å²) in [5.41, 5.74) is 0.506. The number of nitrogens with one attached hydrogen (secondary N) is 2. The Morgan fingerprint density at radius 1 is 1.46 bits per heavy atom. The van der Waals surface area contributed by atoms with E-state index >= 15 is 0 Å². The number of hydrogen-bond donors (Lipinski definition) is 3. The molecule has 140 valence electrons. The summed E-state index contributed by atoms with van der Waals surface area (Å²) in [6, 6.07) is 6.02. The van der Waals surface area contributed by atoms with Gasteiger partial charge in [0.1, 0.15) is 17.3 Å². The van der Waals surface area contributed by atoms with Crippen LogP contribution in [0.4, 0.5) is 21.6 Å². The number of aliphatic hydroxyl groups excluding tert-OH is 1. The van der Waals surface area contributed by atoms with Gasteiger partial charge in [0.2, 0.25) is 0 Å². The molecule has 0 amide bonds. The number of hydrogen-bond acceptors (Lipinski definition) is 6. The van der Waals surface area contributed by atoms with E-state index in [2.05, 4.69) is 26.0 Å². The molecule has 3 rings (SSSR count). The number of aromatic nitrogens is 1. The van der Waals surface area contributed by atoms with Crippen molar-refractivity contribution in [3.63, 3.8) is 0 Å². The summed E-state index contributed by atoms with van der Waals surface area (Å²) < 4.78 is 24.8. The molecule has 2 atom stereocenters. The Balaban J connectivity index is 1.95. The third kappa shape index (κ3) is 3.99. The van der Waals surface area contributed by atoms with Crippen molar-refractivity contribution in [1.82, 2.24) is 4.57 Å². The predicted molar refractivity (Wildman–Crippen MR) is 106 cm³/mol. The zero-order valence-electron chi connectivity index (χ0n) is 14.3. The van der Waals surface area contributed by atoms with Crippen molar-refractivity contribution in [3.8, 4) is 5.75 Å². The Morgan fingerprint density at radius 2 is 2.23 bits per heavy atom. The molecule has 9 heteroatoms. The molecule has 0 saturated heterocycles. The van der Waals surface area contributed by atoms with Crippen LogP contribution in [0.2, 0.25) is 0 Å².